The lowest BCUT2D eigenvalue weighted by molar-refractivity contribution is -0.0989. The van der Waals surface area contributed by atoms with E-state index in [2.05, 4.69) is 0 Å². The van der Waals surface area contributed by atoms with Crippen LogP contribution in [-0.2, 0) is 4.74 Å². The normalized spacial score (nSPS) is 24.7. The van der Waals surface area contributed by atoms with E-state index in [4.69, 9.17) is 9.47 Å². The standard InChI is InChI=1S/C29H29F2N3O5S/c1-16(2)39-18-13-29(14-18)9-4-11-38-26-19(5-6-20(30)22(26)31)23(27-17(3)8-12-40-27)34-15-32(29)28(37)24-25(36)21(35)7-10-33(24)34/h4-10,12,16,18,23,36H,11,13-15H2,1-3H3/b9-4+. The number of thiophene rings is 1. The van der Waals surface area contributed by atoms with E-state index < -0.39 is 40.3 Å². The minimum Gasteiger partial charge on any atom is -0.502 e. The van der Waals surface area contributed by atoms with Crippen molar-refractivity contribution >= 4 is 17.2 Å². The van der Waals surface area contributed by atoms with Crippen LogP contribution in [0.15, 0.2) is 52.8 Å². The number of rotatable bonds is 3. The van der Waals surface area contributed by atoms with Crippen LogP contribution in [-0.4, -0.2) is 51.6 Å². The highest BCUT2D eigenvalue weighted by molar-refractivity contribution is 7.10. The summed E-state index contributed by atoms with van der Waals surface area (Å²) in [7, 11) is 0. The van der Waals surface area contributed by atoms with Crippen molar-refractivity contribution in [2.24, 2.45) is 0 Å². The SMILES string of the molecule is Cc1ccsc1C1c2ccc(F)c(F)c2OC/C=C/C2(CC(OC(C)C)C2)N2CN1n1ccc(=O)c(O)c1C2=O. The molecule has 0 radical (unpaired) electrons. The second-order valence-corrected chi connectivity index (χ2v) is 11.7. The lowest BCUT2D eigenvalue weighted by Crippen LogP contribution is -2.67. The second kappa shape index (κ2) is 9.74. The Bertz CT molecular complexity index is 1580. The highest BCUT2D eigenvalue weighted by Gasteiger charge is 2.53. The third-order valence-electron chi connectivity index (χ3n) is 7.80. The van der Waals surface area contributed by atoms with Crippen LogP contribution < -0.4 is 15.2 Å². The van der Waals surface area contributed by atoms with E-state index in [-0.39, 0.29) is 36.9 Å². The number of ether oxygens (including phenoxy) is 2. The molecule has 3 aromatic rings. The van der Waals surface area contributed by atoms with Gasteiger partial charge >= 0.3 is 0 Å². The molecule has 1 spiro atoms. The first kappa shape index (κ1) is 26.5. The fraction of sp³-hybridized carbons (Fsp3) is 0.379. The fourth-order valence-electron chi connectivity index (χ4n) is 5.95. The number of hydrogen-bond acceptors (Lipinski definition) is 7. The van der Waals surface area contributed by atoms with E-state index in [1.807, 2.05) is 38.3 Å². The molecule has 210 valence electrons. The molecule has 8 nitrogen and oxygen atoms in total. The third-order valence-corrected chi connectivity index (χ3v) is 8.88. The number of halogens is 2. The summed E-state index contributed by atoms with van der Waals surface area (Å²) in [5.74, 6) is -3.56. The van der Waals surface area contributed by atoms with Gasteiger partial charge in [-0.05, 0) is 56.0 Å². The fourth-order valence-corrected chi connectivity index (χ4v) is 7.00. The summed E-state index contributed by atoms with van der Waals surface area (Å²) in [6, 6.07) is 4.89. The molecule has 11 heteroatoms. The average Bonchev–Trinajstić information content (AvgIpc) is 3.30. The van der Waals surface area contributed by atoms with Gasteiger partial charge in [-0.15, -0.1) is 11.3 Å². The van der Waals surface area contributed by atoms with Crippen molar-refractivity contribution in [1.82, 2.24) is 9.58 Å². The molecule has 1 unspecified atom stereocenters. The van der Waals surface area contributed by atoms with Crippen LogP contribution >= 0.6 is 11.3 Å². The number of benzene rings is 1. The molecule has 0 saturated heterocycles. The van der Waals surface area contributed by atoms with Gasteiger partial charge in [0.15, 0.2) is 23.0 Å². The van der Waals surface area contributed by atoms with Crippen molar-refractivity contribution < 1.29 is 28.2 Å². The van der Waals surface area contributed by atoms with Crippen LogP contribution in [0.5, 0.6) is 11.5 Å². The molecule has 1 atom stereocenters. The molecule has 2 aliphatic heterocycles. The number of carbonyl (C=O) groups excluding carboxylic acids is 1. The van der Waals surface area contributed by atoms with Crippen molar-refractivity contribution in [3.63, 3.8) is 0 Å². The molecular formula is C29H29F2N3O5S. The van der Waals surface area contributed by atoms with E-state index >= 15 is 4.39 Å². The topological polar surface area (TPSA) is 84.2 Å². The molecule has 1 amide bonds. The summed E-state index contributed by atoms with van der Waals surface area (Å²) >= 11 is 1.43. The van der Waals surface area contributed by atoms with Gasteiger partial charge in [0.05, 0.1) is 17.7 Å². The number of aromatic nitrogens is 1. The zero-order chi connectivity index (χ0) is 28.3. The minimum absolute atomic E-state index is 0.00662. The minimum atomic E-state index is -1.11. The Balaban J connectivity index is 1.61. The maximum absolute atomic E-state index is 15.3. The lowest BCUT2D eigenvalue weighted by atomic mass is 9.72. The number of hydrogen-bond donors (Lipinski definition) is 1. The van der Waals surface area contributed by atoms with Crippen molar-refractivity contribution in [1.29, 1.82) is 0 Å². The second-order valence-electron chi connectivity index (χ2n) is 10.7. The van der Waals surface area contributed by atoms with Gasteiger partial charge in [-0.25, -0.2) is 4.39 Å². The first-order chi connectivity index (χ1) is 19.1. The highest BCUT2D eigenvalue weighted by atomic mass is 32.1. The summed E-state index contributed by atoms with van der Waals surface area (Å²) in [5, 5.41) is 14.6. The van der Waals surface area contributed by atoms with Crippen molar-refractivity contribution in [2.45, 2.75) is 57.4 Å². The largest absolute Gasteiger partial charge is 0.502 e. The summed E-state index contributed by atoms with van der Waals surface area (Å²) < 4.78 is 43.2. The van der Waals surface area contributed by atoms with Crippen molar-refractivity contribution in [3.05, 3.63) is 91.6 Å². The number of nitrogens with zero attached hydrogens (tertiary/aromatic N) is 3. The van der Waals surface area contributed by atoms with E-state index in [0.29, 0.717) is 18.4 Å². The maximum Gasteiger partial charge on any atom is 0.278 e. The Labute approximate surface area is 233 Å². The Morgan fingerprint density at radius 3 is 2.65 bits per heavy atom. The number of aromatic hydroxyl groups is 1. The smallest absolute Gasteiger partial charge is 0.278 e. The van der Waals surface area contributed by atoms with Gasteiger partial charge in [-0.2, -0.15) is 4.39 Å². The molecule has 1 aliphatic carbocycles. The van der Waals surface area contributed by atoms with Gasteiger partial charge < -0.3 is 19.5 Å². The van der Waals surface area contributed by atoms with Gasteiger partial charge in [0.2, 0.25) is 11.2 Å². The Morgan fingerprint density at radius 1 is 1.18 bits per heavy atom. The lowest BCUT2D eigenvalue weighted by Gasteiger charge is -2.56. The Hall–Kier alpha value is -3.70. The van der Waals surface area contributed by atoms with Crippen LogP contribution in [0.3, 0.4) is 0 Å². The molecule has 1 saturated carbocycles. The molecule has 1 aromatic carbocycles. The average molecular weight is 570 g/mol. The quantitative estimate of drug-likeness (QED) is 0.464. The van der Waals surface area contributed by atoms with Gasteiger partial charge in [0.1, 0.15) is 19.3 Å². The van der Waals surface area contributed by atoms with Crippen molar-refractivity contribution in [2.75, 3.05) is 18.3 Å². The van der Waals surface area contributed by atoms with Crippen LogP contribution in [0.25, 0.3) is 0 Å². The molecule has 2 bridgehead atoms. The molecule has 4 heterocycles. The molecule has 40 heavy (non-hydrogen) atoms. The number of carbonyl (C=O) groups is 1. The van der Waals surface area contributed by atoms with Crippen LogP contribution in [0, 0.1) is 18.6 Å². The molecule has 1 N–H and O–H groups in total. The Morgan fingerprint density at radius 2 is 1.95 bits per heavy atom. The van der Waals surface area contributed by atoms with Crippen LogP contribution in [0.2, 0.25) is 0 Å². The van der Waals surface area contributed by atoms with Crippen LogP contribution in [0.4, 0.5) is 8.78 Å². The Kier molecular flexibility index (Phi) is 6.46. The van der Waals surface area contributed by atoms with Gasteiger partial charge in [0, 0.05) is 35.5 Å². The number of fused-ring (bicyclic) bond motifs is 6. The number of aryl methyl sites for hydroxylation is 1. The first-order valence-electron chi connectivity index (χ1n) is 13.1. The van der Waals surface area contributed by atoms with Crippen LogP contribution in [0.1, 0.15) is 59.2 Å². The van der Waals surface area contributed by atoms with E-state index in [9.17, 15) is 19.1 Å². The monoisotopic (exact) mass is 569 g/mol. The zero-order valence-corrected chi connectivity index (χ0v) is 23.1. The highest BCUT2D eigenvalue weighted by Crippen LogP contribution is 2.47. The van der Waals surface area contributed by atoms with Gasteiger partial charge in [-0.3, -0.25) is 19.3 Å². The summed E-state index contributed by atoms with van der Waals surface area (Å²) in [4.78, 5) is 29.1. The first-order valence-corrected chi connectivity index (χ1v) is 14.0. The third kappa shape index (κ3) is 4.10. The van der Waals surface area contributed by atoms with Gasteiger partial charge in [0.25, 0.3) is 5.91 Å². The number of amides is 1. The summed E-state index contributed by atoms with van der Waals surface area (Å²) in [5.41, 5.74) is -0.439. The van der Waals surface area contributed by atoms with E-state index in [1.165, 1.54) is 34.3 Å². The predicted octanol–water partition coefficient (Wildman–Crippen LogP) is 4.62. The summed E-state index contributed by atoms with van der Waals surface area (Å²) in [6.07, 6.45) is 5.81. The predicted molar refractivity (Wildman–Crippen MR) is 145 cm³/mol. The zero-order valence-electron chi connectivity index (χ0n) is 22.3. The van der Waals surface area contributed by atoms with Gasteiger partial charge in [-0.1, -0.05) is 6.08 Å². The molecule has 3 aliphatic rings. The van der Waals surface area contributed by atoms with E-state index in [1.54, 1.807) is 16.0 Å². The molecule has 2 aromatic heterocycles. The number of pyridine rings is 1. The van der Waals surface area contributed by atoms with E-state index in [0.717, 1.165) is 16.5 Å². The maximum atomic E-state index is 15.3. The summed E-state index contributed by atoms with van der Waals surface area (Å²) in [6.45, 7) is 5.78. The molecular weight excluding hydrogens is 540 g/mol. The van der Waals surface area contributed by atoms with Crippen molar-refractivity contribution in [3.8, 4) is 11.5 Å². The molecule has 6 rings (SSSR count). The molecule has 1 fully saturated rings.